The monoisotopic (exact) mass is 396 g/mol. The number of Topliss-reactive ketones (excluding diaryl/α,β-unsaturated/α-hetero) is 1. The first-order valence-electron chi connectivity index (χ1n) is 9.86. The summed E-state index contributed by atoms with van der Waals surface area (Å²) in [6.45, 7) is 0. The van der Waals surface area contributed by atoms with Crippen LogP contribution in [0.2, 0.25) is 0 Å². The van der Waals surface area contributed by atoms with Crippen LogP contribution in [0.5, 0.6) is 0 Å². The highest BCUT2D eigenvalue weighted by Gasteiger charge is 2.21. The Morgan fingerprint density at radius 3 is 2.59 bits per heavy atom. The molecule has 0 atom stereocenters. The molecule has 4 heteroatoms. The minimum atomic E-state index is 0.180. The molecule has 0 N–H and O–H groups in total. The largest absolute Gasteiger partial charge is 0.293 e. The van der Waals surface area contributed by atoms with Crippen molar-refractivity contribution in [1.29, 1.82) is 0 Å². The van der Waals surface area contributed by atoms with Crippen LogP contribution in [0.3, 0.4) is 0 Å². The molecule has 29 heavy (non-hydrogen) atoms. The number of benzene rings is 1. The number of fused-ring (bicyclic) bond motifs is 3. The van der Waals surface area contributed by atoms with Gasteiger partial charge in [-0.05, 0) is 77.4 Å². The molecule has 1 aliphatic rings. The van der Waals surface area contributed by atoms with E-state index in [2.05, 4.69) is 40.3 Å². The summed E-state index contributed by atoms with van der Waals surface area (Å²) in [4.78, 5) is 23.3. The van der Waals surface area contributed by atoms with Crippen LogP contribution in [0, 0.1) is 0 Å². The Kier molecular flexibility index (Phi) is 4.78. The molecule has 5 rings (SSSR count). The van der Waals surface area contributed by atoms with E-state index in [0.717, 1.165) is 35.3 Å². The summed E-state index contributed by atoms with van der Waals surface area (Å²) in [5, 5.41) is 0. The number of hydrogen-bond donors (Lipinski definition) is 0. The summed E-state index contributed by atoms with van der Waals surface area (Å²) in [5.41, 5.74) is 7.23. The minimum absolute atomic E-state index is 0.180. The van der Waals surface area contributed by atoms with Crippen molar-refractivity contribution in [3.05, 3.63) is 94.9 Å². The molecule has 0 saturated heterocycles. The van der Waals surface area contributed by atoms with Crippen molar-refractivity contribution in [2.24, 2.45) is 0 Å². The summed E-state index contributed by atoms with van der Waals surface area (Å²) in [5.74, 6) is 0.180. The van der Waals surface area contributed by atoms with Crippen LogP contribution < -0.4 is 0 Å². The third-order valence-corrected chi connectivity index (χ3v) is 6.69. The number of hydrogen-bond acceptors (Lipinski definition) is 4. The van der Waals surface area contributed by atoms with Crippen LogP contribution in [0.1, 0.15) is 32.8 Å². The minimum Gasteiger partial charge on any atom is -0.293 e. The van der Waals surface area contributed by atoms with Crippen molar-refractivity contribution >= 4 is 17.1 Å². The second-order valence-corrected chi connectivity index (χ2v) is 8.44. The molecule has 0 spiro atoms. The van der Waals surface area contributed by atoms with Gasteiger partial charge in [0.05, 0.1) is 4.88 Å². The third-order valence-electron chi connectivity index (χ3n) is 5.44. The van der Waals surface area contributed by atoms with E-state index >= 15 is 0 Å². The van der Waals surface area contributed by atoms with Gasteiger partial charge in [-0.15, -0.1) is 11.3 Å². The van der Waals surface area contributed by atoms with Gasteiger partial charge in [0.2, 0.25) is 0 Å². The zero-order valence-corrected chi connectivity index (χ0v) is 16.8. The summed E-state index contributed by atoms with van der Waals surface area (Å²) < 4.78 is 0. The molecule has 0 fully saturated rings. The lowest BCUT2D eigenvalue weighted by Gasteiger charge is -2.09. The Morgan fingerprint density at radius 2 is 1.76 bits per heavy atom. The highest BCUT2D eigenvalue weighted by molar-refractivity contribution is 7.17. The highest BCUT2D eigenvalue weighted by atomic mass is 32.1. The van der Waals surface area contributed by atoms with Gasteiger partial charge in [-0.3, -0.25) is 14.8 Å². The second kappa shape index (κ2) is 7.72. The van der Waals surface area contributed by atoms with Gasteiger partial charge in [-0.25, -0.2) is 0 Å². The number of rotatable bonds is 4. The molecular weight excluding hydrogens is 376 g/mol. The smallest absolute Gasteiger partial charge is 0.177 e. The molecule has 0 unspecified atom stereocenters. The van der Waals surface area contributed by atoms with Crippen molar-refractivity contribution in [2.75, 3.05) is 0 Å². The van der Waals surface area contributed by atoms with E-state index in [0.29, 0.717) is 6.42 Å². The normalized spacial score (nSPS) is 12.7. The van der Waals surface area contributed by atoms with E-state index in [4.69, 9.17) is 0 Å². The van der Waals surface area contributed by atoms with Gasteiger partial charge in [-0.1, -0.05) is 18.2 Å². The number of pyridine rings is 2. The van der Waals surface area contributed by atoms with Crippen LogP contribution in [-0.2, 0) is 19.3 Å². The van der Waals surface area contributed by atoms with Crippen LogP contribution >= 0.6 is 11.3 Å². The predicted molar refractivity (Wildman–Crippen MR) is 117 cm³/mol. The number of carbonyl (C=O) groups is 1. The van der Waals surface area contributed by atoms with Gasteiger partial charge < -0.3 is 0 Å². The average molecular weight is 397 g/mol. The van der Waals surface area contributed by atoms with E-state index in [-0.39, 0.29) is 5.78 Å². The maximum absolute atomic E-state index is 12.9. The fourth-order valence-corrected chi connectivity index (χ4v) is 5.14. The summed E-state index contributed by atoms with van der Waals surface area (Å²) in [7, 11) is 0. The zero-order chi connectivity index (χ0) is 19.6. The van der Waals surface area contributed by atoms with Crippen LogP contribution in [0.15, 0.2) is 73.3 Å². The lowest BCUT2D eigenvalue weighted by Crippen LogP contribution is -2.01. The highest BCUT2D eigenvalue weighted by Crippen LogP contribution is 2.40. The van der Waals surface area contributed by atoms with Crippen molar-refractivity contribution in [1.82, 2.24) is 9.97 Å². The van der Waals surface area contributed by atoms with Gasteiger partial charge in [0.1, 0.15) is 0 Å². The third kappa shape index (κ3) is 3.64. The molecule has 0 amide bonds. The molecule has 0 radical (unpaired) electrons. The Bertz CT molecular complexity index is 1170. The number of carbonyl (C=O) groups excluding carboxylic acids is 1. The number of thiophene rings is 1. The van der Waals surface area contributed by atoms with E-state index in [1.807, 2.05) is 24.4 Å². The van der Waals surface area contributed by atoms with Crippen molar-refractivity contribution in [2.45, 2.75) is 25.7 Å². The Morgan fingerprint density at radius 1 is 0.897 bits per heavy atom. The summed E-state index contributed by atoms with van der Waals surface area (Å²) in [6.07, 6.45) is 10.8. The maximum Gasteiger partial charge on any atom is 0.177 e. The van der Waals surface area contributed by atoms with Gasteiger partial charge in [-0.2, -0.15) is 0 Å². The maximum atomic E-state index is 12.9. The topological polar surface area (TPSA) is 42.9 Å². The van der Waals surface area contributed by atoms with Gasteiger partial charge in [0.25, 0.3) is 0 Å². The van der Waals surface area contributed by atoms with Crippen LogP contribution in [-0.4, -0.2) is 15.8 Å². The first kappa shape index (κ1) is 18.0. The molecule has 1 aromatic carbocycles. The van der Waals surface area contributed by atoms with Crippen molar-refractivity contribution < 1.29 is 4.79 Å². The van der Waals surface area contributed by atoms with Gasteiger partial charge >= 0.3 is 0 Å². The molecule has 142 valence electrons. The lowest BCUT2D eigenvalue weighted by atomic mass is 9.98. The first-order chi connectivity index (χ1) is 14.3. The van der Waals surface area contributed by atoms with E-state index < -0.39 is 0 Å². The van der Waals surface area contributed by atoms with E-state index in [1.165, 1.54) is 27.1 Å². The molecule has 0 saturated carbocycles. The summed E-state index contributed by atoms with van der Waals surface area (Å²) >= 11 is 1.64. The molecule has 3 nitrogen and oxygen atoms in total. The molecule has 3 heterocycles. The number of aryl methyl sites for hydroxylation is 2. The average Bonchev–Trinajstić information content (AvgIpc) is 3.12. The summed E-state index contributed by atoms with van der Waals surface area (Å²) in [6, 6.07) is 16.7. The lowest BCUT2D eigenvalue weighted by molar-refractivity contribution is 0.0997. The Labute approximate surface area is 174 Å². The molecule has 3 aromatic heterocycles. The predicted octanol–water partition coefficient (Wildman–Crippen LogP) is 5.79. The van der Waals surface area contributed by atoms with Crippen molar-refractivity contribution in [3.8, 4) is 21.6 Å². The number of nitrogens with zero attached hydrogens (tertiary/aromatic N) is 2. The molecular formula is C25H20N2OS. The number of aromatic nitrogens is 2. The molecule has 0 aliphatic heterocycles. The van der Waals surface area contributed by atoms with E-state index in [9.17, 15) is 4.79 Å². The molecule has 1 aliphatic carbocycles. The fourth-order valence-electron chi connectivity index (χ4n) is 3.94. The SMILES string of the molecule is O=C(Cc1ccncc1)c1cc2c(s1)-c1cc(-c3cccnc3)ccc1CCC2. The Hall–Kier alpha value is -3.11. The van der Waals surface area contributed by atoms with Gasteiger partial charge in [0.15, 0.2) is 5.78 Å². The van der Waals surface area contributed by atoms with Crippen LogP contribution in [0.4, 0.5) is 0 Å². The zero-order valence-electron chi connectivity index (χ0n) is 16.0. The fraction of sp³-hybridized carbons (Fsp3) is 0.160. The van der Waals surface area contributed by atoms with E-state index in [1.54, 1.807) is 29.9 Å². The van der Waals surface area contributed by atoms with Gasteiger partial charge in [0, 0.05) is 41.6 Å². The Balaban J connectivity index is 1.53. The number of ketones is 1. The molecule has 0 bridgehead atoms. The van der Waals surface area contributed by atoms with Crippen LogP contribution in [0.25, 0.3) is 21.6 Å². The first-order valence-corrected chi connectivity index (χ1v) is 10.7. The standard InChI is InChI=1S/C25H20N2OS/c28-23(13-17-8-11-26-12-9-17)24-15-20-4-1-3-18-6-7-19(14-22(18)25(20)29-24)21-5-2-10-27-16-21/h2,5-12,14-16H,1,3-4,13H2. The molecule has 4 aromatic rings. The van der Waals surface area contributed by atoms with Crippen molar-refractivity contribution in [3.63, 3.8) is 0 Å². The second-order valence-electron chi connectivity index (χ2n) is 7.39. The quantitative estimate of drug-likeness (QED) is 0.410.